The SMILES string of the molecule is O=C(Nc1nc2cccc(-c3cccc(OCc4ccc(-n5cccn5)cc4)c3)n2n1)C1CC1. The van der Waals surface area contributed by atoms with Crippen LogP contribution in [0.2, 0.25) is 0 Å². The highest BCUT2D eigenvalue weighted by Crippen LogP contribution is 2.30. The van der Waals surface area contributed by atoms with E-state index in [4.69, 9.17) is 4.74 Å². The Morgan fingerprint density at radius 3 is 2.68 bits per heavy atom. The van der Waals surface area contributed by atoms with Gasteiger partial charge in [0, 0.05) is 23.9 Å². The number of anilines is 1. The minimum absolute atomic E-state index is 0.00879. The van der Waals surface area contributed by atoms with Crippen LogP contribution in [0.15, 0.2) is 85.2 Å². The van der Waals surface area contributed by atoms with Gasteiger partial charge in [0.15, 0.2) is 5.65 Å². The van der Waals surface area contributed by atoms with Gasteiger partial charge in [0.05, 0.1) is 11.4 Å². The number of nitrogens with zero attached hydrogens (tertiary/aromatic N) is 5. The number of nitrogens with one attached hydrogen (secondary N) is 1. The molecule has 1 amide bonds. The summed E-state index contributed by atoms with van der Waals surface area (Å²) >= 11 is 0. The van der Waals surface area contributed by atoms with Crippen molar-refractivity contribution in [2.75, 3.05) is 5.32 Å². The standard InChI is InChI=1S/C26H22N6O2/c33-25(19-10-11-19)29-26-28-24-7-2-6-23(32(24)30-26)20-4-1-5-22(16-20)34-17-18-8-12-21(13-9-18)31-15-3-14-27-31/h1-9,12-16,19H,10-11,17H2,(H,29,30,33). The van der Waals surface area contributed by atoms with Crippen molar-refractivity contribution in [3.8, 4) is 22.7 Å². The topological polar surface area (TPSA) is 86.3 Å². The molecule has 0 aliphatic heterocycles. The van der Waals surface area contributed by atoms with Gasteiger partial charge in [-0.3, -0.25) is 10.1 Å². The Morgan fingerprint density at radius 2 is 1.88 bits per heavy atom. The molecular formula is C26H22N6O2. The van der Waals surface area contributed by atoms with Gasteiger partial charge >= 0.3 is 0 Å². The van der Waals surface area contributed by atoms with Gasteiger partial charge < -0.3 is 4.74 Å². The van der Waals surface area contributed by atoms with Gasteiger partial charge in [0.2, 0.25) is 11.9 Å². The van der Waals surface area contributed by atoms with E-state index < -0.39 is 0 Å². The van der Waals surface area contributed by atoms with Crippen molar-refractivity contribution in [2.45, 2.75) is 19.4 Å². The monoisotopic (exact) mass is 450 g/mol. The van der Waals surface area contributed by atoms with Crippen LogP contribution < -0.4 is 10.1 Å². The number of carbonyl (C=O) groups excluding carboxylic acids is 1. The fourth-order valence-corrected chi connectivity index (χ4v) is 3.81. The lowest BCUT2D eigenvalue weighted by atomic mass is 10.1. The van der Waals surface area contributed by atoms with Gasteiger partial charge in [-0.25, -0.2) is 9.20 Å². The molecule has 34 heavy (non-hydrogen) atoms. The minimum atomic E-state index is -0.00879. The van der Waals surface area contributed by atoms with Gasteiger partial charge in [0.1, 0.15) is 12.4 Å². The number of benzene rings is 2. The van der Waals surface area contributed by atoms with Crippen molar-refractivity contribution in [2.24, 2.45) is 5.92 Å². The van der Waals surface area contributed by atoms with Gasteiger partial charge in [-0.1, -0.05) is 30.3 Å². The highest BCUT2D eigenvalue weighted by molar-refractivity contribution is 5.92. The Bertz CT molecular complexity index is 1450. The van der Waals surface area contributed by atoms with E-state index in [2.05, 4.69) is 20.5 Å². The molecule has 5 aromatic rings. The average molecular weight is 451 g/mol. The van der Waals surface area contributed by atoms with Crippen LogP contribution in [0.25, 0.3) is 22.6 Å². The molecule has 1 saturated carbocycles. The van der Waals surface area contributed by atoms with E-state index in [1.807, 2.05) is 83.7 Å². The Labute approximate surface area is 195 Å². The summed E-state index contributed by atoms with van der Waals surface area (Å²) in [7, 11) is 0. The molecule has 1 aliphatic rings. The zero-order valence-electron chi connectivity index (χ0n) is 18.3. The van der Waals surface area contributed by atoms with Crippen LogP contribution in [-0.2, 0) is 11.4 Å². The Balaban J connectivity index is 1.19. The molecule has 1 N–H and O–H groups in total. The van der Waals surface area contributed by atoms with E-state index in [0.29, 0.717) is 18.2 Å². The number of aromatic nitrogens is 5. The van der Waals surface area contributed by atoms with Crippen LogP contribution in [0.5, 0.6) is 5.75 Å². The van der Waals surface area contributed by atoms with Crippen molar-refractivity contribution in [1.29, 1.82) is 0 Å². The Kier molecular flexibility index (Phi) is 5.03. The first-order chi connectivity index (χ1) is 16.7. The molecular weight excluding hydrogens is 428 g/mol. The van der Waals surface area contributed by atoms with Crippen molar-refractivity contribution in [3.05, 3.63) is 90.8 Å². The van der Waals surface area contributed by atoms with Gasteiger partial charge in [-0.15, -0.1) is 5.10 Å². The largest absolute Gasteiger partial charge is 0.489 e. The molecule has 6 rings (SSSR count). The number of fused-ring (bicyclic) bond motifs is 1. The quantitative estimate of drug-likeness (QED) is 0.394. The Hall–Kier alpha value is -4.46. The van der Waals surface area contributed by atoms with Crippen LogP contribution in [0.3, 0.4) is 0 Å². The number of hydrogen-bond acceptors (Lipinski definition) is 5. The van der Waals surface area contributed by atoms with Crippen molar-refractivity contribution < 1.29 is 9.53 Å². The van der Waals surface area contributed by atoms with E-state index in [-0.39, 0.29) is 11.8 Å². The lowest BCUT2D eigenvalue weighted by Gasteiger charge is -2.10. The lowest BCUT2D eigenvalue weighted by Crippen LogP contribution is -2.14. The zero-order valence-corrected chi connectivity index (χ0v) is 18.3. The second-order valence-electron chi connectivity index (χ2n) is 8.31. The molecule has 0 unspecified atom stereocenters. The molecule has 0 spiro atoms. The van der Waals surface area contributed by atoms with E-state index in [9.17, 15) is 4.79 Å². The van der Waals surface area contributed by atoms with Gasteiger partial charge in [-0.2, -0.15) is 10.1 Å². The first kappa shape index (κ1) is 20.2. The number of ether oxygens (including phenoxy) is 1. The smallest absolute Gasteiger partial charge is 0.249 e. The molecule has 0 bridgehead atoms. The second kappa shape index (κ2) is 8.47. The first-order valence-corrected chi connectivity index (χ1v) is 11.2. The maximum Gasteiger partial charge on any atom is 0.249 e. The number of rotatable bonds is 7. The van der Waals surface area contributed by atoms with E-state index in [1.54, 1.807) is 10.7 Å². The minimum Gasteiger partial charge on any atom is -0.489 e. The summed E-state index contributed by atoms with van der Waals surface area (Å²) in [6, 6.07) is 23.7. The second-order valence-corrected chi connectivity index (χ2v) is 8.31. The summed E-state index contributed by atoms with van der Waals surface area (Å²) in [5.74, 6) is 1.18. The van der Waals surface area contributed by atoms with Crippen LogP contribution in [0, 0.1) is 5.92 Å². The van der Waals surface area contributed by atoms with Crippen LogP contribution in [-0.4, -0.2) is 30.3 Å². The lowest BCUT2D eigenvalue weighted by molar-refractivity contribution is -0.117. The third kappa shape index (κ3) is 4.13. The fraction of sp³-hybridized carbons (Fsp3) is 0.154. The molecule has 0 saturated heterocycles. The number of amides is 1. The highest BCUT2D eigenvalue weighted by Gasteiger charge is 2.30. The summed E-state index contributed by atoms with van der Waals surface area (Å²) in [5.41, 5.74) is 4.56. The molecule has 3 heterocycles. The summed E-state index contributed by atoms with van der Waals surface area (Å²) in [6.07, 6.45) is 5.54. The maximum absolute atomic E-state index is 12.1. The average Bonchev–Trinajstić information content (AvgIpc) is 3.42. The van der Waals surface area contributed by atoms with Crippen molar-refractivity contribution >= 4 is 17.5 Å². The highest BCUT2D eigenvalue weighted by atomic mass is 16.5. The molecule has 2 aromatic carbocycles. The predicted molar refractivity (Wildman–Crippen MR) is 128 cm³/mol. The first-order valence-electron chi connectivity index (χ1n) is 11.2. The van der Waals surface area contributed by atoms with Crippen LogP contribution in [0.4, 0.5) is 5.95 Å². The normalized spacial score (nSPS) is 13.2. The van der Waals surface area contributed by atoms with E-state index in [0.717, 1.165) is 41.1 Å². The third-order valence-corrected chi connectivity index (χ3v) is 5.78. The van der Waals surface area contributed by atoms with Crippen LogP contribution >= 0.6 is 0 Å². The molecule has 8 heteroatoms. The summed E-state index contributed by atoms with van der Waals surface area (Å²) in [4.78, 5) is 16.6. The molecule has 0 radical (unpaired) electrons. The van der Waals surface area contributed by atoms with E-state index in [1.165, 1.54) is 0 Å². The molecule has 3 aromatic heterocycles. The molecule has 8 nitrogen and oxygen atoms in total. The van der Waals surface area contributed by atoms with Gasteiger partial charge in [0.25, 0.3) is 0 Å². The van der Waals surface area contributed by atoms with Crippen molar-refractivity contribution in [1.82, 2.24) is 24.4 Å². The number of carbonyl (C=O) groups is 1. The van der Waals surface area contributed by atoms with Crippen LogP contribution in [0.1, 0.15) is 18.4 Å². The molecule has 1 aliphatic carbocycles. The molecule has 0 atom stereocenters. The van der Waals surface area contributed by atoms with Crippen molar-refractivity contribution in [3.63, 3.8) is 0 Å². The summed E-state index contributed by atoms with van der Waals surface area (Å²) < 4.78 is 9.63. The number of pyridine rings is 1. The number of hydrogen-bond donors (Lipinski definition) is 1. The van der Waals surface area contributed by atoms with E-state index >= 15 is 0 Å². The molecule has 1 fully saturated rings. The predicted octanol–water partition coefficient (Wildman–Crippen LogP) is 4.51. The Morgan fingerprint density at radius 1 is 1.03 bits per heavy atom. The third-order valence-electron chi connectivity index (χ3n) is 5.78. The summed E-state index contributed by atoms with van der Waals surface area (Å²) in [6.45, 7) is 0.452. The molecule has 168 valence electrons. The zero-order chi connectivity index (χ0) is 22.9. The maximum atomic E-state index is 12.1. The fourth-order valence-electron chi connectivity index (χ4n) is 3.81. The van der Waals surface area contributed by atoms with Gasteiger partial charge in [-0.05, 0) is 60.9 Å². The summed E-state index contributed by atoms with van der Waals surface area (Å²) in [5, 5.41) is 11.6.